The largest absolute Gasteiger partial charge is 0.478 e. The summed E-state index contributed by atoms with van der Waals surface area (Å²) < 4.78 is 0.625. The summed E-state index contributed by atoms with van der Waals surface area (Å²) in [7, 11) is 0. The monoisotopic (exact) mass is 379 g/mol. The molecule has 0 bridgehead atoms. The molecule has 1 amide bonds. The number of aromatic carboxylic acids is 1. The molecule has 0 aliphatic heterocycles. The fourth-order valence-corrected chi connectivity index (χ4v) is 2.21. The zero-order valence-electron chi connectivity index (χ0n) is 11.2. The topological polar surface area (TPSA) is 66.4 Å². The van der Waals surface area contributed by atoms with E-state index in [0.717, 1.165) is 5.56 Å². The van der Waals surface area contributed by atoms with Gasteiger partial charge in [-0.15, -0.1) is 0 Å². The molecule has 22 heavy (non-hydrogen) atoms. The Kier molecular flexibility index (Phi) is 5.35. The second-order valence-corrected chi connectivity index (χ2v) is 5.72. The minimum Gasteiger partial charge on any atom is -0.478 e. The zero-order chi connectivity index (χ0) is 16.1. The smallest absolute Gasteiger partial charge is 0.337 e. The second kappa shape index (κ2) is 7.24. The SMILES string of the molecule is O=C(/C=C/c1ccc(Cl)cc1)Nc1ccc(Br)cc1C(=O)O. The molecule has 0 heterocycles. The first-order valence-corrected chi connectivity index (χ1v) is 7.40. The van der Waals surface area contributed by atoms with Crippen molar-refractivity contribution in [3.63, 3.8) is 0 Å². The van der Waals surface area contributed by atoms with Gasteiger partial charge in [0.15, 0.2) is 0 Å². The quantitative estimate of drug-likeness (QED) is 0.770. The molecule has 2 aromatic carbocycles. The molecule has 0 unspecified atom stereocenters. The maximum Gasteiger partial charge on any atom is 0.337 e. The van der Waals surface area contributed by atoms with Gasteiger partial charge in [-0.05, 0) is 42.0 Å². The summed E-state index contributed by atoms with van der Waals surface area (Å²) >= 11 is 8.98. The van der Waals surface area contributed by atoms with Gasteiger partial charge in [-0.3, -0.25) is 4.79 Å². The number of benzene rings is 2. The van der Waals surface area contributed by atoms with Crippen molar-refractivity contribution in [1.82, 2.24) is 0 Å². The molecule has 0 saturated heterocycles. The fourth-order valence-electron chi connectivity index (χ4n) is 1.72. The lowest BCUT2D eigenvalue weighted by molar-refractivity contribution is -0.111. The number of carboxylic acid groups (broad SMARTS) is 1. The van der Waals surface area contributed by atoms with Crippen LogP contribution < -0.4 is 5.32 Å². The molecule has 2 N–H and O–H groups in total. The molecule has 0 fully saturated rings. The van der Waals surface area contributed by atoms with Crippen LogP contribution in [0.25, 0.3) is 6.08 Å². The molecule has 2 rings (SSSR count). The number of amides is 1. The summed E-state index contributed by atoms with van der Waals surface area (Å²) in [6, 6.07) is 11.6. The molecule has 0 radical (unpaired) electrons. The van der Waals surface area contributed by atoms with E-state index in [4.69, 9.17) is 16.7 Å². The third-order valence-electron chi connectivity index (χ3n) is 2.77. The summed E-state index contributed by atoms with van der Waals surface area (Å²) in [6.07, 6.45) is 2.95. The van der Waals surface area contributed by atoms with Crippen LogP contribution in [-0.2, 0) is 4.79 Å². The highest BCUT2D eigenvalue weighted by Crippen LogP contribution is 2.21. The van der Waals surface area contributed by atoms with E-state index in [1.807, 2.05) is 0 Å². The van der Waals surface area contributed by atoms with Crippen LogP contribution in [0, 0.1) is 0 Å². The Morgan fingerprint density at radius 1 is 1.14 bits per heavy atom. The highest BCUT2D eigenvalue weighted by Gasteiger charge is 2.11. The molecule has 0 saturated carbocycles. The Bertz CT molecular complexity index is 742. The van der Waals surface area contributed by atoms with Crippen LogP contribution in [-0.4, -0.2) is 17.0 Å². The molecule has 0 aromatic heterocycles. The maximum atomic E-state index is 11.9. The Balaban J connectivity index is 2.12. The fraction of sp³-hybridized carbons (Fsp3) is 0. The van der Waals surface area contributed by atoms with E-state index in [1.54, 1.807) is 36.4 Å². The van der Waals surface area contributed by atoms with E-state index >= 15 is 0 Å². The van der Waals surface area contributed by atoms with Gasteiger partial charge in [0.1, 0.15) is 0 Å². The standard InChI is InChI=1S/C16H11BrClNO3/c17-11-4-7-14(13(9-11)16(21)22)19-15(20)8-3-10-1-5-12(18)6-2-10/h1-9H,(H,19,20)(H,21,22)/b8-3+. The van der Waals surface area contributed by atoms with Crippen molar-refractivity contribution in [2.24, 2.45) is 0 Å². The number of rotatable bonds is 4. The van der Waals surface area contributed by atoms with Crippen molar-refractivity contribution in [3.05, 3.63) is 69.2 Å². The lowest BCUT2D eigenvalue weighted by Crippen LogP contribution is -2.12. The number of carbonyl (C=O) groups excluding carboxylic acids is 1. The summed E-state index contributed by atoms with van der Waals surface area (Å²) in [5.74, 6) is -1.53. The van der Waals surface area contributed by atoms with Crippen molar-refractivity contribution in [2.45, 2.75) is 0 Å². The van der Waals surface area contributed by atoms with Crippen LogP contribution in [0.5, 0.6) is 0 Å². The molecule has 6 heteroatoms. The number of nitrogens with one attached hydrogen (secondary N) is 1. The molecule has 0 atom stereocenters. The predicted octanol–water partition coefficient (Wildman–Crippen LogP) is 4.45. The average Bonchev–Trinajstić information content (AvgIpc) is 2.48. The van der Waals surface area contributed by atoms with E-state index in [1.165, 1.54) is 18.2 Å². The first-order valence-electron chi connectivity index (χ1n) is 6.23. The molecule has 112 valence electrons. The van der Waals surface area contributed by atoms with Gasteiger partial charge in [-0.2, -0.15) is 0 Å². The van der Waals surface area contributed by atoms with Crippen LogP contribution in [0.15, 0.2) is 53.0 Å². The zero-order valence-corrected chi connectivity index (χ0v) is 13.6. The van der Waals surface area contributed by atoms with Crippen molar-refractivity contribution in [3.8, 4) is 0 Å². The maximum absolute atomic E-state index is 11.9. The third-order valence-corrected chi connectivity index (χ3v) is 3.51. The number of carboxylic acids is 1. The van der Waals surface area contributed by atoms with Crippen LogP contribution in [0.3, 0.4) is 0 Å². The Hall–Kier alpha value is -2.11. The number of anilines is 1. The lowest BCUT2D eigenvalue weighted by atomic mass is 10.1. The normalized spacial score (nSPS) is 10.6. The van der Waals surface area contributed by atoms with E-state index in [2.05, 4.69) is 21.2 Å². The lowest BCUT2D eigenvalue weighted by Gasteiger charge is -2.07. The van der Waals surface area contributed by atoms with Crippen LogP contribution in [0.4, 0.5) is 5.69 Å². The van der Waals surface area contributed by atoms with Gasteiger partial charge in [-0.25, -0.2) is 4.79 Å². The summed E-state index contributed by atoms with van der Waals surface area (Å²) in [5.41, 5.74) is 1.07. The van der Waals surface area contributed by atoms with Crippen LogP contribution in [0.1, 0.15) is 15.9 Å². The van der Waals surface area contributed by atoms with E-state index in [0.29, 0.717) is 9.50 Å². The van der Waals surface area contributed by atoms with Gasteiger partial charge in [0.25, 0.3) is 0 Å². The molecular weight excluding hydrogens is 370 g/mol. The second-order valence-electron chi connectivity index (χ2n) is 4.37. The number of halogens is 2. The van der Waals surface area contributed by atoms with Crippen molar-refractivity contribution in [1.29, 1.82) is 0 Å². The molecule has 0 spiro atoms. The van der Waals surface area contributed by atoms with Crippen molar-refractivity contribution in [2.75, 3.05) is 5.32 Å². The van der Waals surface area contributed by atoms with Crippen LogP contribution in [0.2, 0.25) is 5.02 Å². The summed E-state index contributed by atoms with van der Waals surface area (Å²) in [4.78, 5) is 23.0. The number of carbonyl (C=O) groups is 2. The minimum absolute atomic E-state index is 0.0163. The summed E-state index contributed by atoms with van der Waals surface area (Å²) in [6.45, 7) is 0. The molecular formula is C16H11BrClNO3. The first kappa shape index (κ1) is 16.3. The summed E-state index contributed by atoms with van der Waals surface area (Å²) in [5, 5.41) is 12.3. The van der Waals surface area contributed by atoms with E-state index in [-0.39, 0.29) is 11.3 Å². The first-order chi connectivity index (χ1) is 10.5. The van der Waals surface area contributed by atoms with Gasteiger partial charge < -0.3 is 10.4 Å². The average molecular weight is 381 g/mol. The highest BCUT2D eigenvalue weighted by atomic mass is 79.9. The predicted molar refractivity (Wildman–Crippen MR) is 90.2 cm³/mol. The van der Waals surface area contributed by atoms with E-state index in [9.17, 15) is 9.59 Å². The number of hydrogen-bond acceptors (Lipinski definition) is 2. The van der Waals surface area contributed by atoms with Gasteiger partial charge in [0.2, 0.25) is 5.91 Å². The van der Waals surface area contributed by atoms with Crippen molar-refractivity contribution < 1.29 is 14.7 Å². The van der Waals surface area contributed by atoms with Gasteiger partial charge in [0, 0.05) is 15.6 Å². The van der Waals surface area contributed by atoms with Crippen LogP contribution >= 0.6 is 27.5 Å². The molecule has 2 aromatic rings. The van der Waals surface area contributed by atoms with Crippen molar-refractivity contribution >= 4 is 51.2 Å². The Morgan fingerprint density at radius 3 is 2.45 bits per heavy atom. The van der Waals surface area contributed by atoms with E-state index < -0.39 is 11.9 Å². The Morgan fingerprint density at radius 2 is 1.82 bits per heavy atom. The Labute approximate surface area is 140 Å². The highest BCUT2D eigenvalue weighted by molar-refractivity contribution is 9.10. The third kappa shape index (κ3) is 4.44. The number of hydrogen-bond donors (Lipinski definition) is 2. The molecule has 0 aliphatic carbocycles. The minimum atomic E-state index is -1.11. The van der Waals surface area contributed by atoms with Gasteiger partial charge in [-0.1, -0.05) is 39.7 Å². The van der Waals surface area contributed by atoms with Gasteiger partial charge in [0.05, 0.1) is 11.3 Å². The molecule has 4 nitrogen and oxygen atoms in total. The molecule has 0 aliphatic rings. The van der Waals surface area contributed by atoms with Gasteiger partial charge >= 0.3 is 5.97 Å².